The summed E-state index contributed by atoms with van der Waals surface area (Å²) in [5.41, 5.74) is 0.0768. The maximum Gasteiger partial charge on any atom is 0.0753 e. The van der Waals surface area contributed by atoms with E-state index in [1.165, 1.54) is 13.0 Å². The van der Waals surface area contributed by atoms with Gasteiger partial charge >= 0.3 is 0 Å². The van der Waals surface area contributed by atoms with Gasteiger partial charge in [0.15, 0.2) is 0 Å². The van der Waals surface area contributed by atoms with Crippen LogP contribution in [0.15, 0.2) is 0 Å². The minimum absolute atomic E-state index is 0.0768. The molecule has 2 heteroatoms. The highest BCUT2D eigenvalue weighted by molar-refractivity contribution is 4.78. The van der Waals surface area contributed by atoms with Gasteiger partial charge in [-0.1, -0.05) is 6.92 Å². The van der Waals surface area contributed by atoms with E-state index in [0.717, 1.165) is 19.7 Å². The third-order valence-electron chi connectivity index (χ3n) is 2.04. The lowest BCUT2D eigenvalue weighted by atomic mass is 10.1. The van der Waals surface area contributed by atoms with Gasteiger partial charge in [-0.05, 0) is 26.8 Å². The van der Waals surface area contributed by atoms with Crippen LogP contribution in [-0.4, -0.2) is 36.7 Å². The maximum atomic E-state index is 5.60. The lowest BCUT2D eigenvalue weighted by Gasteiger charge is -2.37. The van der Waals surface area contributed by atoms with Gasteiger partial charge in [0.2, 0.25) is 0 Å². The van der Waals surface area contributed by atoms with Crippen molar-refractivity contribution in [3.8, 4) is 0 Å². The Morgan fingerprint density at radius 3 is 2.73 bits per heavy atom. The van der Waals surface area contributed by atoms with Gasteiger partial charge in [0, 0.05) is 13.1 Å². The zero-order valence-electron chi connectivity index (χ0n) is 7.89. The Labute approximate surface area is 69.5 Å². The minimum Gasteiger partial charge on any atom is -0.373 e. The molecule has 0 saturated carbocycles. The summed E-state index contributed by atoms with van der Waals surface area (Å²) < 4.78 is 5.60. The Morgan fingerprint density at radius 1 is 1.45 bits per heavy atom. The molecule has 1 heterocycles. The monoisotopic (exact) mass is 157 g/mol. The van der Waals surface area contributed by atoms with Gasteiger partial charge in [-0.2, -0.15) is 0 Å². The highest BCUT2D eigenvalue weighted by atomic mass is 16.5. The molecule has 1 aliphatic rings. The predicted molar refractivity (Wildman–Crippen MR) is 46.8 cm³/mol. The van der Waals surface area contributed by atoms with E-state index >= 15 is 0 Å². The number of ether oxygens (including phenoxy) is 1. The fourth-order valence-corrected chi connectivity index (χ4v) is 1.62. The van der Waals surface area contributed by atoms with Crippen molar-refractivity contribution in [2.75, 3.05) is 26.2 Å². The van der Waals surface area contributed by atoms with Crippen LogP contribution < -0.4 is 0 Å². The molecule has 2 nitrogen and oxygen atoms in total. The van der Waals surface area contributed by atoms with Crippen molar-refractivity contribution < 1.29 is 4.74 Å². The van der Waals surface area contributed by atoms with Crippen molar-refractivity contribution in [2.24, 2.45) is 0 Å². The first-order valence-corrected chi connectivity index (χ1v) is 4.50. The van der Waals surface area contributed by atoms with E-state index in [4.69, 9.17) is 4.74 Å². The summed E-state index contributed by atoms with van der Waals surface area (Å²) in [5, 5.41) is 0. The van der Waals surface area contributed by atoms with Gasteiger partial charge in [-0.15, -0.1) is 0 Å². The molecule has 0 spiro atoms. The fourth-order valence-electron chi connectivity index (χ4n) is 1.62. The Kier molecular flexibility index (Phi) is 2.90. The summed E-state index contributed by atoms with van der Waals surface area (Å²) in [6.07, 6.45) is 1.25. The normalized spacial score (nSPS) is 25.4. The third kappa shape index (κ3) is 2.80. The second-order valence-corrected chi connectivity index (χ2v) is 3.88. The van der Waals surface area contributed by atoms with Crippen molar-refractivity contribution >= 4 is 0 Å². The Bertz CT molecular complexity index is 121. The molecular weight excluding hydrogens is 138 g/mol. The van der Waals surface area contributed by atoms with Crippen molar-refractivity contribution in [1.29, 1.82) is 0 Å². The van der Waals surface area contributed by atoms with Crippen LogP contribution in [0.25, 0.3) is 0 Å². The lowest BCUT2D eigenvalue weighted by Crippen LogP contribution is -2.48. The van der Waals surface area contributed by atoms with E-state index in [1.807, 2.05) is 0 Å². The van der Waals surface area contributed by atoms with Crippen molar-refractivity contribution in [3.63, 3.8) is 0 Å². The molecule has 0 aliphatic carbocycles. The molecule has 1 saturated heterocycles. The molecule has 1 rings (SSSR count). The second kappa shape index (κ2) is 3.55. The molecule has 0 radical (unpaired) electrons. The van der Waals surface area contributed by atoms with E-state index in [9.17, 15) is 0 Å². The summed E-state index contributed by atoms with van der Waals surface area (Å²) in [7, 11) is 0. The van der Waals surface area contributed by atoms with Crippen LogP contribution in [-0.2, 0) is 4.74 Å². The molecule has 1 fully saturated rings. The molecule has 0 amide bonds. The molecule has 0 aromatic heterocycles. The maximum absolute atomic E-state index is 5.60. The van der Waals surface area contributed by atoms with Crippen molar-refractivity contribution in [3.05, 3.63) is 0 Å². The molecule has 0 unspecified atom stereocenters. The number of nitrogens with zero attached hydrogens (tertiary/aromatic N) is 1. The van der Waals surface area contributed by atoms with Crippen LogP contribution in [0.1, 0.15) is 27.2 Å². The molecule has 0 atom stereocenters. The molecule has 0 aromatic rings. The zero-order valence-corrected chi connectivity index (χ0v) is 7.89. The Morgan fingerprint density at radius 2 is 2.18 bits per heavy atom. The zero-order chi connectivity index (χ0) is 8.32. The number of hydrogen-bond donors (Lipinski definition) is 0. The highest BCUT2D eigenvalue weighted by Gasteiger charge is 2.26. The van der Waals surface area contributed by atoms with Gasteiger partial charge in [0.25, 0.3) is 0 Å². The van der Waals surface area contributed by atoms with Crippen molar-refractivity contribution in [2.45, 2.75) is 32.8 Å². The Balaban J connectivity index is 2.34. The summed E-state index contributed by atoms with van der Waals surface area (Å²) in [4.78, 5) is 2.48. The van der Waals surface area contributed by atoms with Crippen LogP contribution in [0.3, 0.4) is 0 Å². The lowest BCUT2D eigenvalue weighted by molar-refractivity contribution is -0.0857. The first-order chi connectivity index (χ1) is 5.14. The first-order valence-electron chi connectivity index (χ1n) is 4.50. The van der Waals surface area contributed by atoms with Gasteiger partial charge < -0.3 is 4.74 Å². The number of rotatable bonds is 2. The summed E-state index contributed by atoms with van der Waals surface area (Å²) in [6.45, 7) is 10.9. The number of hydrogen-bond acceptors (Lipinski definition) is 2. The summed E-state index contributed by atoms with van der Waals surface area (Å²) in [5.74, 6) is 0. The first kappa shape index (κ1) is 9.01. The van der Waals surface area contributed by atoms with E-state index in [1.54, 1.807) is 0 Å². The van der Waals surface area contributed by atoms with Crippen molar-refractivity contribution in [1.82, 2.24) is 4.90 Å². The van der Waals surface area contributed by atoms with Gasteiger partial charge in [0.05, 0.1) is 12.2 Å². The molecular formula is C9H19NO. The van der Waals surface area contributed by atoms with Gasteiger partial charge in [0.1, 0.15) is 0 Å². The summed E-state index contributed by atoms with van der Waals surface area (Å²) in [6, 6.07) is 0. The van der Waals surface area contributed by atoms with E-state index in [-0.39, 0.29) is 5.60 Å². The molecule has 11 heavy (non-hydrogen) atoms. The molecule has 0 bridgehead atoms. The van der Waals surface area contributed by atoms with Crippen LogP contribution in [0, 0.1) is 0 Å². The van der Waals surface area contributed by atoms with Gasteiger partial charge in [-0.25, -0.2) is 0 Å². The molecule has 0 aromatic carbocycles. The predicted octanol–water partition coefficient (Wildman–Crippen LogP) is 1.51. The smallest absolute Gasteiger partial charge is 0.0753 e. The van der Waals surface area contributed by atoms with Crippen LogP contribution >= 0.6 is 0 Å². The average molecular weight is 157 g/mol. The largest absolute Gasteiger partial charge is 0.373 e. The number of morpholine rings is 1. The van der Waals surface area contributed by atoms with E-state index in [2.05, 4.69) is 25.7 Å². The SMILES string of the molecule is CCCN1CCOC(C)(C)C1. The van der Waals surface area contributed by atoms with E-state index < -0.39 is 0 Å². The minimum atomic E-state index is 0.0768. The Hall–Kier alpha value is -0.0800. The second-order valence-electron chi connectivity index (χ2n) is 3.88. The van der Waals surface area contributed by atoms with Gasteiger partial charge in [-0.3, -0.25) is 4.90 Å². The molecule has 66 valence electrons. The molecule has 0 N–H and O–H groups in total. The summed E-state index contributed by atoms with van der Waals surface area (Å²) >= 11 is 0. The third-order valence-corrected chi connectivity index (χ3v) is 2.04. The van der Waals surface area contributed by atoms with Crippen LogP contribution in [0.5, 0.6) is 0 Å². The average Bonchev–Trinajstić information content (AvgIpc) is 1.85. The van der Waals surface area contributed by atoms with E-state index in [0.29, 0.717) is 0 Å². The highest BCUT2D eigenvalue weighted by Crippen LogP contribution is 2.15. The topological polar surface area (TPSA) is 12.5 Å². The standard InChI is InChI=1S/C9H19NO/c1-4-5-10-6-7-11-9(2,3)8-10/h4-8H2,1-3H3. The van der Waals surface area contributed by atoms with Crippen LogP contribution in [0.2, 0.25) is 0 Å². The van der Waals surface area contributed by atoms with Crippen LogP contribution in [0.4, 0.5) is 0 Å². The molecule has 1 aliphatic heterocycles. The quantitative estimate of drug-likeness (QED) is 0.602. The fraction of sp³-hybridized carbons (Fsp3) is 1.00.